The fourth-order valence-electron chi connectivity index (χ4n) is 1.80. The maximum atomic E-state index is 10.3. The number of unbranched alkanes of at least 4 members (excludes halogenated alkanes) is 1. The van der Waals surface area contributed by atoms with E-state index in [4.69, 9.17) is 5.11 Å². The first kappa shape index (κ1) is 11.4. The molecule has 0 aliphatic carbocycles. The van der Waals surface area contributed by atoms with Gasteiger partial charge in [0.05, 0.1) is 18.0 Å². The first-order chi connectivity index (χ1) is 8.27. The number of hydrogen-bond donors (Lipinski definition) is 1. The highest BCUT2D eigenvalue weighted by Crippen LogP contribution is 2.09. The van der Waals surface area contributed by atoms with Crippen LogP contribution >= 0.6 is 0 Å². The lowest BCUT2D eigenvalue weighted by Crippen LogP contribution is -1.95. The summed E-state index contributed by atoms with van der Waals surface area (Å²) in [5, 5.41) is 8.44. The maximum absolute atomic E-state index is 10.3. The normalized spacial score (nSPS) is 11.3. The Morgan fingerprint density at radius 3 is 3.18 bits per heavy atom. The van der Waals surface area contributed by atoms with Crippen LogP contribution in [-0.4, -0.2) is 20.5 Å². The Bertz CT molecular complexity index is 543. The van der Waals surface area contributed by atoms with Gasteiger partial charge in [-0.15, -0.1) is 0 Å². The minimum atomic E-state index is -0.887. The topological polar surface area (TPSA) is 54.6 Å². The summed E-state index contributed by atoms with van der Waals surface area (Å²) in [6.45, 7) is 0. The van der Waals surface area contributed by atoms with Crippen LogP contribution in [0.2, 0.25) is 0 Å². The first-order valence-corrected chi connectivity index (χ1v) is 5.57. The largest absolute Gasteiger partial charge is 0.478 e. The second-order valence-electron chi connectivity index (χ2n) is 3.84. The molecule has 88 valence electrons. The van der Waals surface area contributed by atoms with E-state index in [1.54, 1.807) is 12.4 Å². The fraction of sp³-hybridized carbons (Fsp3) is 0.231. The van der Waals surface area contributed by atoms with Crippen LogP contribution in [0.15, 0.2) is 42.9 Å². The molecule has 2 rings (SSSR count). The standard InChI is InChI=1S/C13H14N2O2/c16-13(17)8-3-1-2-5-11-6-4-7-12-9-14-10-15(11)12/h3-4,6-10H,1-2,5H2,(H,16,17)/b8-3+. The molecule has 2 aromatic heterocycles. The van der Waals surface area contributed by atoms with Crippen LogP contribution in [0, 0.1) is 0 Å². The summed E-state index contributed by atoms with van der Waals surface area (Å²) in [6.07, 6.45) is 9.13. The Hall–Kier alpha value is -2.10. The molecular weight excluding hydrogens is 216 g/mol. The lowest BCUT2D eigenvalue weighted by Gasteiger charge is -2.03. The van der Waals surface area contributed by atoms with Gasteiger partial charge in [-0.2, -0.15) is 0 Å². The van der Waals surface area contributed by atoms with Gasteiger partial charge < -0.3 is 9.51 Å². The minimum Gasteiger partial charge on any atom is -0.478 e. The van der Waals surface area contributed by atoms with E-state index in [1.807, 2.05) is 18.3 Å². The molecule has 0 aromatic carbocycles. The lowest BCUT2D eigenvalue weighted by molar-refractivity contribution is -0.131. The van der Waals surface area contributed by atoms with Gasteiger partial charge in [0.15, 0.2) is 0 Å². The SMILES string of the molecule is O=C(O)/C=C/CCCc1cccc2cncn12. The summed E-state index contributed by atoms with van der Waals surface area (Å²) in [6, 6.07) is 6.09. The first-order valence-electron chi connectivity index (χ1n) is 5.57. The molecule has 0 saturated carbocycles. The van der Waals surface area contributed by atoms with Crippen molar-refractivity contribution in [2.45, 2.75) is 19.3 Å². The van der Waals surface area contributed by atoms with Gasteiger partial charge in [0, 0.05) is 11.8 Å². The quantitative estimate of drug-likeness (QED) is 0.633. The minimum absolute atomic E-state index is 0.775. The molecule has 0 fully saturated rings. The molecule has 4 nitrogen and oxygen atoms in total. The van der Waals surface area contributed by atoms with Crippen molar-refractivity contribution in [2.24, 2.45) is 0 Å². The van der Waals surface area contributed by atoms with Gasteiger partial charge in [0.2, 0.25) is 0 Å². The highest BCUT2D eigenvalue weighted by atomic mass is 16.4. The highest BCUT2D eigenvalue weighted by molar-refractivity contribution is 5.79. The Morgan fingerprint density at radius 1 is 1.47 bits per heavy atom. The smallest absolute Gasteiger partial charge is 0.327 e. The van der Waals surface area contributed by atoms with E-state index in [-0.39, 0.29) is 0 Å². The van der Waals surface area contributed by atoms with E-state index in [1.165, 1.54) is 11.8 Å². The number of aliphatic carboxylic acids is 1. The number of hydrogen-bond acceptors (Lipinski definition) is 2. The second kappa shape index (κ2) is 5.30. The van der Waals surface area contributed by atoms with E-state index in [0.717, 1.165) is 24.8 Å². The Kier molecular flexibility index (Phi) is 3.55. The number of pyridine rings is 1. The molecular formula is C13H14N2O2. The van der Waals surface area contributed by atoms with E-state index in [2.05, 4.69) is 15.5 Å². The fourth-order valence-corrected chi connectivity index (χ4v) is 1.80. The van der Waals surface area contributed by atoms with Crippen LogP contribution in [0.3, 0.4) is 0 Å². The van der Waals surface area contributed by atoms with Crippen molar-refractivity contribution >= 4 is 11.5 Å². The second-order valence-corrected chi connectivity index (χ2v) is 3.84. The van der Waals surface area contributed by atoms with Gasteiger partial charge in [0.1, 0.15) is 0 Å². The van der Waals surface area contributed by atoms with Gasteiger partial charge in [0.25, 0.3) is 0 Å². The van der Waals surface area contributed by atoms with Gasteiger partial charge >= 0.3 is 5.97 Å². The van der Waals surface area contributed by atoms with E-state index in [9.17, 15) is 4.79 Å². The number of aromatic nitrogens is 2. The zero-order valence-corrected chi connectivity index (χ0v) is 9.41. The number of aryl methyl sites for hydroxylation is 1. The maximum Gasteiger partial charge on any atom is 0.327 e. The average Bonchev–Trinajstić information content (AvgIpc) is 2.77. The van der Waals surface area contributed by atoms with Crippen molar-refractivity contribution < 1.29 is 9.90 Å². The third-order valence-corrected chi connectivity index (χ3v) is 2.60. The van der Waals surface area contributed by atoms with Crippen molar-refractivity contribution in [3.63, 3.8) is 0 Å². The van der Waals surface area contributed by atoms with Crippen LogP contribution in [0.5, 0.6) is 0 Å². The highest BCUT2D eigenvalue weighted by Gasteiger charge is 1.99. The Labute approximate surface area is 99.2 Å². The number of allylic oxidation sites excluding steroid dienone is 1. The summed E-state index contributed by atoms with van der Waals surface area (Å²) in [4.78, 5) is 14.4. The molecule has 0 amide bonds. The molecule has 0 saturated heterocycles. The monoisotopic (exact) mass is 230 g/mol. The van der Waals surface area contributed by atoms with Crippen molar-refractivity contribution in [2.75, 3.05) is 0 Å². The molecule has 4 heteroatoms. The number of carboxylic acids is 1. The van der Waals surface area contributed by atoms with E-state index in [0.29, 0.717) is 0 Å². The van der Waals surface area contributed by atoms with Gasteiger partial charge in [-0.3, -0.25) is 0 Å². The van der Waals surface area contributed by atoms with Crippen molar-refractivity contribution in [3.05, 3.63) is 48.6 Å². The molecule has 0 radical (unpaired) electrons. The number of imidazole rings is 1. The summed E-state index contributed by atoms with van der Waals surface area (Å²) in [5.74, 6) is -0.887. The predicted octanol–water partition coefficient (Wildman–Crippen LogP) is 2.30. The number of rotatable bonds is 5. The predicted molar refractivity (Wildman–Crippen MR) is 64.9 cm³/mol. The van der Waals surface area contributed by atoms with Crippen LogP contribution < -0.4 is 0 Å². The molecule has 1 N–H and O–H groups in total. The van der Waals surface area contributed by atoms with Crippen molar-refractivity contribution in [1.29, 1.82) is 0 Å². The zero-order valence-electron chi connectivity index (χ0n) is 9.41. The summed E-state index contributed by atoms with van der Waals surface area (Å²) in [5.41, 5.74) is 2.28. The number of carboxylic acid groups (broad SMARTS) is 1. The van der Waals surface area contributed by atoms with Crippen molar-refractivity contribution in [1.82, 2.24) is 9.38 Å². The molecule has 0 aliphatic heterocycles. The number of nitrogens with zero attached hydrogens (tertiary/aromatic N) is 2. The van der Waals surface area contributed by atoms with Crippen LogP contribution in [0.1, 0.15) is 18.5 Å². The molecule has 0 atom stereocenters. The molecule has 0 aliphatic rings. The summed E-state index contributed by atoms with van der Waals surface area (Å²) >= 11 is 0. The van der Waals surface area contributed by atoms with Gasteiger partial charge in [-0.1, -0.05) is 12.1 Å². The molecule has 0 bridgehead atoms. The molecule has 17 heavy (non-hydrogen) atoms. The number of carbonyl (C=O) groups is 1. The lowest BCUT2D eigenvalue weighted by atomic mass is 10.1. The Morgan fingerprint density at radius 2 is 2.35 bits per heavy atom. The molecule has 2 heterocycles. The third kappa shape index (κ3) is 2.93. The number of fused-ring (bicyclic) bond motifs is 1. The molecule has 0 unspecified atom stereocenters. The van der Waals surface area contributed by atoms with Crippen LogP contribution in [-0.2, 0) is 11.2 Å². The Balaban J connectivity index is 1.95. The summed E-state index contributed by atoms with van der Waals surface area (Å²) in [7, 11) is 0. The average molecular weight is 230 g/mol. The summed E-state index contributed by atoms with van der Waals surface area (Å²) < 4.78 is 2.06. The molecule has 0 spiro atoms. The van der Waals surface area contributed by atoms with Crippen LogP contribution in [0.25, 0.3) is 5.52 Å². The molecule has 2 aromatic rings. The van der Waals surface area contributed by atoms with E-state index < -0.39 is 5.97 Å². The van der Waals surface area contributed by atoms with Gasteiger partial charge in [-0.25, -0.2) is 9.78 Å². The van der Waals surface area contributed by atoms with Crippen molar-refractivity contribution in [3.8, 4) is 0 Å². The third-order valence-electron chi connectivity index (χ3n) is 2.60. The van der Waals surface area contributed by atoms with E-state index >= 15 is 0 Å². The van der Waals surface area contributed by atoms with Gasteiger partial charge in [-0.05, 0) is 31.4 Å². The van der Waals surface area contributed by atoms with Crippen LogP contribution in [0.4, 0.5) is 0 Å². The zero-order chi connectivity index (χ0) is 12.1.